The second-order valence-electron chi connectivity index (χ2n) is 1.64. The molecule has 64 valence electrons. The summed E-state index contributed by atoms with van der Waals surface area (Å²) in [5, 5.41) is 0. The molecule has 0 saturated carbocycles. The largest absolute Gasteiger partial charge is 0.399 e. The summed E-state index contributed by atoms with van der Waals surface area (Å²) in [4.78, 5) is 0. The van der Waals surface area contributed by atoms with Gasteiger partial charge in [0, 0.05) is 11.4 Å². The van der Waals surface area contributed by atoms with E-state index in [9.17, 15) is 0 Å². The minimum atomic E-state index is 0.589. The SMILES string of the molecule is C=C/C(N)=C\C(N)=C/C.CC. The molecule has 0 aromatic rings. The number of hydrogen-bond donors (Lipinski definition) is 2. The van der Waals surface area contributed by atoms with Crippen molar-refractivity contribution in [2.45, 2.75) is 20.8 Å². The van der Waals surface area contributed by atoms with Crippen LogP contribution in [0.4, 0.5) is 0 Å². The molecule has 0 saturated heterocycles. The molecule has 0 bridgehead atoms. The monoisotopic (exact) mass is 154 g/mol. The van der Waals surface area contributed by atoms with Crippen LogP contribution in [0.15, 0.2) is 36.2 Å². The summed E-state index contributed by atoms with van der Waals surface area (Å²) in [6, 6.07) is 0. The minimum Gasteiger partial charge on any atom is -0.399 e. The van der Waals surface area contributed by atoms with Crippen LogP contribution in [0, 0.1) is 0 Å². The van der Waals surface area contributed by atoms with E-state index in [0.717, 1.165) is 0 Å². The van der Waals surface area contributed by atoms with Crippen LogP contribution in [0.5, 0.6) is 0 Å². The van der Waals surface area contributed by atoms with Crippen molar-refractivity contribution < 1.29 is 0 Å². The number of allylic oxidation sites excluding steroid dienone is 3. The first-order valence-electron chi connectivity index (χ1n) is 3.72. The van der Waals surface area contributed by atoms with Crippen LogP contribution in [-0.2, 0) is 0 Å². The predicted octanol–water partition coefficient (Wildman–Crippen LogP) is 1.90. The number of rotatable bonds is 2. The molecule has 4 N–H and O–H groups in total. The maximum Gasteiger partial charge on any atom is 0.0328 e. The highest BCUT2D eigenvalue weighted by Gasteiger charge is 1.80. The third-order valence-corrected chi connectivity index (χ3v) is 0.902. The summed E-state index contributed by atoms with van der Waals surface area (Å²) in [7, 11) is 0. The van der Waals surface area contributed by atoms with Crippen LogP contribution in [-0.4, -0.2) is 0 Å². The van der Waals surface area contributed by atoms with Crippen molar-refractivity contribution in [3.8, 4) is 0 Å². The Morgan fingerprint density at radius 1 is 1.18 bits per heavy atom. The van der Waals surface area contributed by atoms with Crippen LogP contribution in [0.2, 0.25) is 0 Å². The van der Waals surface area contributed by atoms with E-state index in [0.29, 0.717) is 11.4 Å². The lowest BCUT2D eigenvalue weighted by Gasteiger charge is -1.91. The molecule has 0 unspecified atom stereocenters. The van der Waals surface area contributed by atoms with Crippen molar-refractivity contribution in [2.24, 2.45) is 11.5 Å². The lowest BCUT2D eigenvalue weighted by molar-refractivity contribution is 1.33. The molecular formula is C9H18N2. The van der Waals surface area contributed by atoms with Crippen molar-refractivity contribution in [3.63, 3.8) is 0 Å². The van der Waals surface area contributed by atoms with E-state index >= 15 is 0 Å². The Morgan fingerprint density at radius 3 is 1.91 bits per heavy atom. The molecule has 0 heterocycles. The first-order valence-corrected chi connectivity index (χ1v) is 3.72. The van der Waals surface area contributed by atoms with Gasteiger partial charge in [-0.15, -0.1) is 0 Å². The van der Waals surface area contributed by atoms with E-state index in [1.807, 2.05) is 20.8 Å². The van der Waals surface area contributed by atoms with E-state index in [2.05, 4.69) is 6.58 Å². The summed E-state index contributed by atoms with van der Waals surface area (Å²) >= 11 is 0. The number of nitrogens with two attached hydrogens (primary N) is 2. The molecule has 0 aliphatic heterocycles. The summed E-state index contributed by atoms with van der Waals surface area (Å²) in [6.07, 6.45) is 4.99. The van der Waals surface area contributed by atoms with Gasteiger partial charge in [-0.05, 0) is 19.1 Å². The quantitative estimate of drug-likeness (QED) is 0.597. The van der Waals surface area contributed by atoms with Crippen LogP contribution >= 0.6 is 0 Å². The molecule has 2 heteroatoms. The van der Waals surface area contributed by atoms with Crippen molar-refractivity contribution in [2.75, 3.05) is 0 Å². The van der Waals surface area contributed by atoms with Gasteiger partial charge in [0.15, 0.2) is 0 Å². The van der Waals surface area contributed by atoms with Gasteiger partial charge < -0.3 is 11.5 Å². The second kappa shape index (κ2) is 8.82. The van der Waals surface area contributed by atoms with Gasteiger partial charge in [0.1, 0.15) is 0 Å². The molecule has 0 rings (SSSR count). The molecule has 0 aliphatic rings. The molecule has 0 amide bonds. The van der Waals surface area contributed by atoms with Crippen molar-refractivity contribution in [1.82, 2.24) is 0 Å². The first kappa shape index (κ1) is 12.5. The fraction of sp³-hybridized carbons (Fsp3) is 0.333. The maximum absolute atomic E-state index is 5.41. The predicted molar refractivity (Wildman–Crippen MR) is 51.8 cm³/mol. The molecule has 0 aromatic carbocycles. The molecule has 0 radical (unpaired) electrons. The highest BCUT2D eigenvalue weighted by molar-refractivity contribution is 5.24. The Balaban J connectivity index is 0. The summed E-state index contributed by atoms with van der Waals surface area (Å²) in [5.74, 6) is 0. The van der Waals surface area contributed by atoms with Gasteiger partial charge in [0.05, 0.1) is 0 Å². The Hall–Kier alpha value is -1.18. The zero-order valence-electron chi connectivity index (χ0n) is 7.59. The lowest BCUT2D eigenvalue weighted by Crippen LogP contribution is -1.98. The first-order chi connectivity index (χ1) is 5.20. The summed E-state index contributed by atoms with van der Waals surface area (Å²) < 4.78 is 0. The van der Waals surface area contributed by atoms with E-state index in [1.54, 1.807) is 18.2 Å². The molecule has 0 fully saturated rings. The topological polar surface area (TPSA) is 52.0 Å². The van der Waals surface area contributed by atoms with Gasteiger partial charge in [-0.3, -0.25) is 0 Å². The van der Waals surface area contributed by atoms with Crippen LogP contribution in [0.25, 0.3) is 0 Å². The van der Waals surface area contributed by atoms with Gasteiger partial charge in [0.2, 0.25) is 0 Å². The van der Waals surface area contributed by atoms with Gasteiger partial charge in [0.25, 0.3) is 0 Å². The van der Waals surface area contributed by atoms with Crippen LogP contribution < -0.4 is 11.5 Å². The molecule has 11 heavy (non-hydrogen) atoms. The standard InChI is InChI=1S/C7H12N2.C2H6/c1-3-6(8)5-7(9)4-2;1-2/h3-5H,1,8-9H2,2H3;1-2H3/b6-5+,7-4+;. The molecule has 0 atom stereocenters. The molecule has 0 spiro atoms. The second-order valence-corrected chi connectivity index (χ2v) is 1.64. The highest BCUT2D eigenvalue weighted by Crippen LogP contribution is 1.90. The Kier molecular flexibility index (Phi) is 10.0. The van der Waals surface area contributed by atoms with Gasteiger partial charge >= 0.3 is 0 Å². The van der Waals surface area contributed by atoms with Gasteiger partial charge in [-0.1, -0.05) is 26.5 Å². The average molecular weight is 154 g/mol. The summed E-state index contributed by atoms with van der Waals surface area (Å²) in [6.45, 7) is 9.32. The smallest absolute Gasteiger partial charge is 0.0328 e. The molecule has 0 aliphatic carbocycles. The zero-order valence-corrected chi connectivity index (χ0v) is 7.59. The molecular weight excluding hydrogens is 136 g/mol. The lowest BCUT2D eigenvalue weighted by atomic mass is 10.3. The normalized spacial score (nSPS) is 11.5. The van der Waals surface area contributed by atoms with Crippen molar-refractivity contribution >= 4 is 0 Å². The van der Waals surface area contributed by atoms with Gasteiger partial charge in [-0.25, -0.2) is 0 Å². The van der Waals surface area contributed by atoms with E-state index in [-0.39, 0.29) is 0 Å². The Labute approximate surface area is 69.3 Å². The highest BCUT2D eigenvalue weighted by atomic mass is 14.6. The fourth-order valence-electron chi connectivity index (χ4n) is 0.335. The zero-order chi connectivity index (χ0) is 9.28. The molecule has 0 aromatic heterocycles. The van der Waals surface area contributed by atoms with Crippen LogP contribution in [0.1, 0.15) is 20.8 Å². The third kappa shape index (κ3) is 8.82. The van der Waals surface area contributed by atoms with E-state index < -0.39 is 0 Å². The minimum absolute atomic E-state index is 0.589. The average Bonchev–Trinajstić information content (AvgIpc) is 2.07. The van der Waals surface area contributed by atoms with Crippen molar-refractivity contribution in [1.29, 1.82) is 0 Å². The Morgan fingerprint density at radius 2 is 1.64 bits per heavy atom. The van der Waals surface area contributed by atoms with Gasteiger partial charge in [-0.2, -0.15) is 0 Å². The van der Waals surface area contributed by atoms with Crippen LogP contribution in [0.3, 0.4) is 0 Å². The fourth-order valence-corrected chi connectivity index (χ4v) is 0.335. The number of hydrogen-bond acceptors (Lipinski definition) is 2. The third-order valence-electron chi connectivity index (χ3n) is 0.902. The Bertz CT molecular complexity index is 155. The van der Waals surface area contributed by atoms with E-state index in [4.69, 9.17) is 11.5 Å². The molecule has 2 nitrogen and oxygen atoms in total. The maximum atomic E-state index is 5.41. The van der Waals surface area contributed by atoms with Crippen molar-refractivity contribution in [3.05, 3.63) is 36.2 Å². The summed E-state index contributed by atoms with van der Waals surface area (Å²) in [5.41, 5.74) is 12.0. The van der Waals surface area contributed by atoms with E-state index in [1.165, 1.54) is 0 Å².